The molecular formula is C31H43N3O5S2. The van der Waals surface area contributed by atoms with Crippen molar-refractivity contribution in [3.05, 3.63) is 54.1 Å². The van der Waals surface area contributed by atoms with Crippen molar-refractivity contribution in [3.8, 4) is 11.5 Å². The maximum Gasteiger partial charge on any atom is 0.339 e. The fourth-order valence-corrected chi connectivity index (χ4v) is 6.48. The Labute approximate surface area is 249 Å². The van der Waals surface area contributed by atoms with E-state index in [-0.39, 0.29) is 27.6 Å². The van der Waals surface area contributed by atoms with Crippen LogP contribution in [0.15, 0.2) is 63.6 Å². The van der Waals surface area contributed by atoms with Crippen LogP contribution in [-0.2, 0) is 14.9 Å². The summed E-state index contributed by atoms with van der Waals surface area (Å²) < 4.78 is 35.7. The van der Waals surface area contributed by atoms with E-state index in [1.165, 1.54) is 107 Å². The van der Waals surface area contributed by atoms with Crippen LogP contribution in [0, 0.1) is 0 Å². The quantitative estimate of drug-likeness (QED) is 0.0775. The molecule has 1 heterocycles. The summed E-state index contributed by atoms with van der Waals surface area (Å²) in [5.41, 5.74) is 0.637. The van der Waals surface area contributed by atoms with Crippen LogP contribution in [0.3, 0.4) is 0 Å². The molecule has 0 spiro atoms. The molecule has 0 radical (unpaired) electrons. The van der Waals surface area contributed by atoms with Gasteiger partial charge in [-0.05, 0) is 42.3 Å². The first-order valence-corrected chi connectivity index (χ1v) is 17.0. The number of carbonyl (C=O) groups excluding carboxylic acids is 1. The fourth-order valence-electron chi connectivity index (χ4n) is 4.55. The lowest BCUT2D eigenvalue weighted by Crippen LogP contribution is -2.24. The molecule has 1 atom stereocenters. The second kappa shape index (κ2) is 17.9. The number of nitrogens with zero attached hydrogens (tertiary/aromatic N) is 2. The first-order valence-electron chi connectivity index (χ1n) is 14.7. The van der Waals surface area contributed by atoms with Gasteiger partial charge in [0.05, 0.1) is 18.6 Å². The Balaban J connectivity index is 1.39. The van der Waals surface area contributed by atoms with Crippen molar-refractivity contribution in [2.75, 3.05) is 7.11 Å². The Morgan fingerprint density at radius 2 is 1.51 bits per heavy atom. The molecule has 1 unspecified atom stereocenters. The molecule has 2 aromatic carbocycles. The van der Waals surface area contributed by atoms with E-state index in [0.29, 0.717) is 10.7 Å². The summed E-state index contributed by atoms with van der Waals surface area (Å²) in [4.78, 5) is 12.4. The fraction of sp³-hybridized carbons (Fsp3) is 0.516. The maximum atomic E-state index is 12.5. The van der Waals surface area contributed by atoms with Crippen LogP contribution in [0.2, 0.25) is 0 Å². The highest BCUT2D eigenvalue weighted by Crippen LogP contribution is 2.30. The zero-order valence-corrected chi connectivity index (χ0v) is 25.9. The number of methoxy groups -OCH3 is 1. The minimum Gasteiger partial charge on any atom is -0.493 e. The van der Waals surface area contributed by atoms with Crippen molar-refractivity contribution in [1.82, 2.24) is 5.32 Å². The molecule has 1 fully saturated rings. The number of unbranched alkanes of at least 4 members (excludes halogenated alkanes) is 11. The number of benzene rings is 2. The van der Waals surface area contributed by atoms with Gasteiger partial charge in [-0.15, -0.1) is 5.10 Å². The lowest BCUT2D eigenvalue weighted by atomic mass is 10.0. The van der Waals surface area contributed by atoms with Crippen molar-refractivity contribution in [2.24, 2.45) is 10.2 Å². The topological polar surface area (TPSA) is 106 Å². The van der Waals surface area contributed by atoms with Crippen LogP contribution >= 0.6 is 11.8 Å². The molecule has 0 bridgehead atoms. The molecule has 2 aromatic rings. The van der Waals surface area contributed by atoms with Crippen LogP contribution in [0.1, 0.15) is 96.0 Å². The van der Waals surface area contributed by atoms with Crippen LogP contribution in [0.5, 0.6) is 11.5 Å². The Kier molecular flexibility index (Phi) is 14.2. The first kappa shape index (κ1) is 32.7. The third kappa shape index (κ3) is 11.5. The summed E-state index contributed by atoms with van der Waals surface area (Å²) in [6.07, 6.45) is 17.9. The number of ether oxygens (including phenoxy) is 1. The van der Waals surface area contributed by atoms with E-state index >= 15 is 0 Å². The van der Waals surface area contributed by atoms with Crippen molar-refractivity contribution >= 4 is 39.2 Å². The lowest BCUT2D eigenvalue weighted by molar-refractivity contribution is -0.118. The van der Waals surface area contributed by atoms with Gasteiger partial charge in [0, 0.05) is 0 Å². The summed E-state index contributed by atoms with van der Waals surface area (Å²) >= 11 is 1.42. The zero-order valence-electron chi connectivity index (χ0n) is 24.2. The van der Waals surface area contributed by atoms with Gasteiger partial charge in [-0.2, -0.15) is 13.5 Å². The number of carbonyl (C=O) groups is 1. The Bertz CT molecular complexity index is 1250. The number of amidine groups is 1. The number of hydrogen-bond acceptors (Lipinski definition) is 8. The van der Waals surface area contributed by atoms with Gasteiger partial charge in [0.2, 0.25) is 5.91 Å². The molecule has 1 aliphatic heterocycles. The second-order valence-electron chi connectivity index (χ2n) is 10.2. The van der Waals surface area contributed by atoms with Gasteiger partial charge >= 0.3 is 10.1 Å². The summed E-state index contributed by atoms with van der Waals surface area (Å²) in [6, 6.07) is 12.7. The molecule has 1 saturated heterocycles. The molecule has 0 aliphatic carbocycles. The molecule has 224 valence electrons. The van der Waals surface area contributed by atoms with E-state index in [0.717, 1.165) is 19.3 Å². The molecule has 3 rings (SSSR count). The van der Waals surface area contributed by atoms with Crippen LogP contribution in [0.25, 0.3) is 0 Å². The van der Waals surface area contributed by atoms with Gasteiger partial charge in [0.15, 0.2) is 16.7 Å². The summed E-state index contributed by atoms with van der Waals surface area (Å²) in [7, 11) is -2.56. The monoisotopic (exact) mass is 601 g/mol. The van der Waals surface area contributed by atoms with Crippen molar-refractivity contribution in [3.63, 3.8) is 0 Å². The van der Waals surface area contributed by atoms with Gasteiger partial charge < -0.3 is 14.2 Å². The highest BCUT2D eigenvalue weighted by atomic mass is 32.2. The average molecular weight is 602 g/mol. The van der Waals surface area contributed by atoms with E-state index in [1.807, 2.05) is 0 Å². The molecule has 1 aliphatic rings. The number of hydrogen-bond donors (Lipinski definition) is 1. The largest absolute Gasteiger partial charge is 0.493 e. The SMILES string of the molecule is CCCCCCCCCCCCCCC1S/C(=N/N=C/c2ccc(OS(=O)(=O)c3ccccc3)c(OC)c2)NC1=O. The molecule has 8 nitrogen and oxygen atoms in total. The van der Waals surface area contributed by atoms with E-state index < -0.39 is 10.1 Å². The second-order valence-corrected chi connectivity index (χ2v) is 12.9. The molecule has 1 N–H and O–H groups in total. The van der Waals surface area contributed by atoms with Crippen LogP contribution in [-0.4, -0.2) is 38.1 Å². The summed E-state index contributed by atoms with van der Waals surface area (Å²) in [6.45, 7) is 2.25. The van der Waals surface area contributed by atoms with Gasteiger partial charge in [0.25, 0.3) is 0 Å². The Hall–Kier alpha value is -2.85. The molecule has 10 heteroatoms. The first-order chi connectivity index (χ1) is 19.9. The molecular weight excluding hydrogens is 558 g/mol. The van der Waals surface area contributed by atoms with Crippen LogP contribution in [0.4, 0.5) is 0 Å². The van der Waals surface area contributed by atoms with E-state index in [9.17, 15) is 13.2 Å². The lowest BCUT2D eigenvalue weighted by Gasteiger charge is -2.11. The van der Waals surface area contributed by atoms with E-state index in [1.54, 1.807) is 30.3 Å². The summed E-state index contributed by atoms with van der Waals surface area (Å²) in [5.74, 6) is 0.293. The third-order valence-corrected chi connectivity index (χ3v) is 9.26. The number of thioether (sulfide) groups is 1. The van der Waals surface area contributed by atoms with Gasteiger partial charge in [-0.1, -0.05) is 114 Å². The highest BCUT2D eigenvalue weighted by Gasteiger charge is 2.29. The third-order valence-electron chi connectivity index (χ3n) is 6.87. The smallest absolute Gasteiger partial charge is 0.339 e. The predicted octanol–water partition coefficient (Wildman–Crippen LogP) is 7.48. The normalized spacial score (nSPS) is 16.4. The molecule has 0 saturated carbocycles. The molecule has 41 heavy (non-hydrogen) atoms. The van der Waals surface area contributed by atoms with Crippen molar-refractivity contribution in [2.45, 2.75) is 101 Å². The highest BCUT2D eigenvalue weighted by molar-refractivity contribution is 8.15. The van der Waals surface area contributed by atoms with Gasteiger partial charge in [-0.3, -0.25) is 4.79 Å². The Morgan fingerprint density at radius 3 is 2.15 bits per heavy atom. The van der Waals surface area contributed by atoms with Gasteiger partial charge in [-0.25, -0.2) is 0 Å². The van der Waals surface area contributed by atoms with E-state index in [4.69, 9.17) is 8.92 Å². The number of amides is 1. The van der Waals surface area contributed by atoms with E-state index in [2.05, 4.69) is 22.4 Å². The average Bonchev–Trinajstić information content (AvgIpc) is 3.33. The minimum absolute atomic E-state index is 0.0187. The molecule has 1 amide bonds. The number of rotatable bonds is 19. The minimum atomic E-state index is -3.99. The Morgan fingerprint density at radius 1 is 0.878 bits per heavy atom. The number of nitrogens with one attached hydrogen (secondary N) is 1. The zero-order chi connectivity index (χ0) is 29.3. The van der Waals surface area contributed by atoms with Crippen molar-refractivity contribution in [1.29, 1.82) is 0 Å². The maximum absolute atomic E-state index is 12.5. The molecule has 0 aromatic heterocycles. The predicted molar refractivity (Wildman–Crippen MR) is 167 cm³/mol. The van der Waals surface area contributed by atoms with Crippen LogP contribution < -0.4 is 14.2 Å². The standard InChI is InChI=1S/C31H43N3O5S2/c1-3-4-5-6-7-8-9-10-11-12-13-17-20-29-30(35)33-31(40-29)34-32-24-25-21-22-27(28(23-25)38-2)39-41(36,37)26-18-15-14-16-19-26/h14-16,18-19,21-24,29H,3-13,17,20H2,1-2H3,(H,33,34,35)/b32-24+. The van der Waals surface area contributed by atoms with Gasteiger partial charge in [0.1, 0.15) is 4.90 Å². The summed E-state index contributed by atoms with van der Waals surface area (Å²) in [5, 5.41) is 11.4. The van der Waals surface area contributed by atoms with Crippen molar-refractivity contribution < 1.29 is 22.1 Å².